The molecule has 1 fully saturated rings. The van der Waals surface area contributed by atoms with Crippen molar-refractivity contribution in [3.63, 3.8) is 0 Å². The Bertz CT molecular complexity index is 283. The van der Waals surface area contributed by atoms with Gasteiger partial charge in [-0.15, -0.1) is 0 Å². The van der Waals surface area contributed by atoms with Gasteiger partial charge in [0.15, 0.2) is 0 Å². The number of allylic oxidation sites excluding steroid dienone is 1. The van der Waals surface area contributed by atoms with Crippen LogP contribution >= 0.6 is 0 Å². The van der Waals surface area contributed by atoms with Crippen molar-refractivity contribution in [2.45, 2.75) is 78.2 Å². The molecule has 2 heteroatoms. The van der Waals surface area contributed by atoms with E-state index in [9.17, 15) is 4.79 Å². The van der Waals surface area contributed by atoms with Crippen molar-refractivity contribution >= 4 is 5.97 Å². The van der Waals surface area contributed by atoms with Crippen LogP contribution in [-0.4, -0.2) is 12.1 Å². The first kappa shape index (κ1) is 16.3. The van der Waals surface area contributed by atoms with Gasteiger partial charge in [-0.25, -0.2) is 0 Å². The zero-order valence-corrected chi connectivity index (χ0v) is 12.9. The fourth-order valence-corrected chi connectivity index (χ4v) is 2.72. The molecule has 0 saturated carbocycles. The van der Waals surface area contributed by atoms with Crippen LogP contribution in [0.5, 0.6) is 0 Å². The summed E-state index contributed by atoms with van der Waals surface area (Å²) in [6.07, 6.45) is 14.2. The van der Waals surface area contributed by atoms with Crippen LogP contribution in [0.3, 0.4) is 0 Å². The molecule has 0 spiro atoms. The molecule has 19 heavy (non-hydrogen) atoms. The highest BCUT2D eigenvalue weighted by molar-refractivity contribution is 5.75. The lowest BCUT2D eigenvalue weighted by molar-refractivity contribution is -0.144. The zero-order chi connectivity index (χ0) is 14.1. The van der Waals surface area contributed by atoms with E-state index in [0.717, 1.165) is 12.8 Å². The largest absolute Gasteiger partial charge is 0.461 e. The summed E-state index contributed by atoms with van der Waals surface area (Å²) >= 11 is 0. The lowest BCUT2D eigenvalue weighted by Crippen LogP contribution is -2.17. The Hall–Kier alpha value is -0.790. The van der Waals surface area contributed by atoms with E-state index in [1.54, 1.807) is 0 Å². The Morgan fingerprint density at radius 3 is 2.47 bits per heavy atom. The van der Waals surface area contributed by atoms with Gasteiger partial charge in [-0.2, -0.15) is 0 Å². The molecule has 0 unspecified atom stereocenters. The van der Waals surface area contributed by atoms with E-state index in [4.69, 9.17) is 4.74 Å². The standard InChI is InChI=1S/C17H30O2/c1-4-6-8-9-11-12-15-14(3)17(18)19-16(15)13-10-7-5-2/h11-12,14-16H,4-10,13H2,1-3H3/b12-11+/t14-,15-,16-/m0/s1. The summed E-state index contributed by atoms with van der Waals surface area (Å²) in [5, 5.41) is 0. The third-order valence-electron chi connectivity index (χ3n) is 4.07. The topological polar surface area (TPSA) is 26.3 Å². The van der Waals surface area contributed by atoms with E-state index >= 15 is 0 Å². The molecule has 1 aliphatic heterocycles. The Balaban J connectivity index is 2.42. The number of hydrogen-bond acceptors (Lipinski definition) is 2. The molecule has 0 aliphatic carbocycles. The predicted octanol–water partition coefficient (Wildman–Crippen LogP) is 4.88. The highest BCUT2D eigenvalue weighted by atomic mass is 16.6. The fraction of sp³-hybridized carbons (Fsp3) is 0.824. The van der Waals surface area contributed by atoms with Crippen LogP contribution in [0, 0.1) is 11.8 Å². The first-order chi connectivity index (χ1) is 9.20. The molecule has 2 nitrogen and oxygen atoms in total. The SMILES string of the molecule is CCCCC/C=C/[C@@H]1[C@H](CCCCC)OC(=O)[C@H]1C. The third kappa shape index (κ3) is 5.38. The van der Waals surface area contributed by atoms with E-state index < -0.39 is 0 Å². The number of hydrogen-bond donors (Lipinski definition) is 0. The molecule has 1 saturated heterocycles. The summed E-state index contributed by atoms with van der Waals surface area (Å²) in [5.74, 6) is 0.324. The molecule has 1 aliphatic rings. The number of esters is 1. The maximum absolute atomic E-state index is 11.7. The van der Waals surface area contributed by atoms with E-state index in [2.05, 4.69) is 26.0 Å². The van der Waals surface area contributed by atoms with Crippen LogP contribution in [0.25, 0.3) is 0 Å². The molecule has 3 atom stereocenters. The van der Waals surface area contributed by atoms with Gasteiger partial charge in [-0.05, 0) is 25.7 Å². The van der Waals surface area contributed by atoms with E-state index in [-0.39, 0.29) is 18.0 Å². The summed E-state index contributed by atoms with van der Waals surface area (Å²) in [6, 6.07) is 0. The highest BCUT2D eigenvalue weighted by Crippen LogP contribution is 2.32. The average Bonchev–Trinajstić information content (AvgIpc) is 2.66. The zero-order valence-electron chi connectivity index (χ0n) is 12.9. The predicted molar refractivity (Wildman–Crippen MR) is 80.0 cm³/mol. The molecule has 0 radical (unpaired) electrons. The first-order valence-corrected chi connectivity index (χ1v) is 8.07. The minimum absolute atomic E-state index is 0.00953. The summed E-state index contributed by atoms with van der Waals surface area (Å²) in [5.41, 5.74) is 0. The molecular weight excluding hydrogens is 236 g/mol. The van der Waals surface area contributed by atoms with Crippen molar-refractivity contribution in [1.82, 2.24) is 0 Å². The monoisotopic (exact) mass is 266 g/mol. The number of rotatable bonds is 9. The van der Waals surface area contributed by atoms with Gasteiger partial charge in [0, 0.05) is 5.92 Å². The van der Waals surface area contributed by atoms with Gasteiger partial charge in [0.25, 0.3) is 0 Å². The molecule has 0 N–H and O–H groups in total. The van der Waals surface area contributed by atoms with Crippen LogP contribution in [-0.2, 0) is 9.53 Å². The summed E-state index contributed by atoms with van der Waals surface area (Å²) in [7, 11) is 0. The lowest BCUT2D eigenvalue weighted by Gasteiger charge is -2.15. The minimum Gasteiger partial charge on any atom is -0.461 e. The van der Waals surface area contributed by atoms with Crippen molar-refractivity contribution in [3.8, 4) is 0 Å². The maximum Gasteiger partial charge on any atom is 0.309 e. The summed E-state index contributed by atoms with van der Waals surface area (Å²) < 4.78 is 5.52. The molecule has 110 valence electrons. The van der Waals surface area contributed by atoms with Crippen molar-refractivity contribution in [3.05, 3.63) is 12.2 Å². The fourth-order valence-electron chi connectivity index (χ4n) is 2.72. The smallest absolute Gasteiger partial charge is 0.309 e. The number of ether oxygens (including phenoxy) is 1. The quantitative estimate of drug-likeness (QED) is 0.338. The van der Waals surface area contributed by atoms with E-state index in [1.807, 2.05) is 6.92 Å². The van der Waals surface area contributed by atoms with Gasteiger partial charge < -0.3 is 4.74 Å². The number of cyclic esters (lactones) is 1. The van der Waals surface area contributed by atoms with Gasteiger partial charge in [0.1, 0.15) is 6.10 Å². The van der Waals surface area contributed by atoms with Gasteiger partial charge in [0.2, 0.25) is 0 Å². The molecule has 0 amide bonds. The molecule has 0 aromatic carbocycles. The molecule has 1 rings (SSSR count). The van der Waals surface area contributed by atoms with Crippen molar-refractivity contribution in [2.24, 2.45) is 11.8 Å². The summed E-state index contributed by atoms with van der Waals surface area (Å²) in [6.45, 7) is 6.43. The molecule has 1 heterocycles. The number of carbonyl (C=O) groups is 1. The van der Waals surface area contributed by atoms with Crippen LogP contribution in [0.15, 0.2) is 12.2 Å². The maximum atomic E-state index is 11.7. The second-order valence-electron chi connectivity index (χ2n) is 5.76. The van der Waals surface area contributed by atoms with Crippen LogP contribution in [0.1, 0.15) is 72.1 Å². The molecule has 0 aromatic heterocycles. The van der Waals surface area contributed by atoms with Crippen LogP contribution < -0.4 is 0 Å². The number of unbranched alkanes of at least 4 members (excludes halogenated alkanes) is 5. The Labute approximate surface area is 118 Å². The van der Waals surface area contributed by atoms with Gasteiger partial charge in [-0.1, -0.05) is 58.6 Å². The van der Waals surface area contributed by atoms with Gasteiger partial charge in [-0.3, -0.25) is 4.79 Å². The second kappa shape index (κ2) is 9.17. The van der Waals surface area contributed by atoms with Crippen LogP contribution in [0.4, 0.5) is 0 Å². The van der Waals surface area contributed by atoms with E-state index in [1.165, 1.54) is 38.5 Å². The average molecular weight is 266 g/mol. The number of carbonyl (C=O) groups excluding carboxylic acids is 1. The molecule has 0 bridgehead atoms. The minimum atomic E-state index is -0.00953. The van der Waals surface area contributed by atoms with Gasteiger partial charge >= 0.3 is 5.97 Å². The van der Waals surface area contributed by atoms with Gasteiger partial charge in [0.05, 0.1) is 5.92 Å². The summed E-state index contributed by atoms with van der Waals surface area (Å²) in [4.78, 5) is 11.7. The Morgan fingerprint density at radius 2 is 1.79 bits per heavy atom. The lowest BCUT2D eigenvalue weighted by atomic mass is 9.88. The molecular formula is C17H30O2. The second-order valence-corrected chi connectivity index (χ2v) is 5.76. The third-order valence-corrected chi connectivity index (χ3v) is 4.07. The Morgan fingerprint density at radius 1 is 1.11 bits per heavy atom. The van der Waals surface area contributed by atoms with E-state index in [0.29, 0.717) is 5.92 Å². The highest BCUT2D eigenvalue weighted by Gasteiger charge is 2.39. The van der Waals surface area contributed by atoms with Crippen molar-refractivity contribution in [1.29, 1.82) is 0 Å². The Kier molecular flexibility index (Phi) is 7.85. The van der Waals surface area contributed by atoms with Crippen LogP contribution in [0.2, 0.25) is 0 Å². The first-order valence-electron chi connectivity index (χ1n) is 8.07. The van der Waals surface area contributed by atoms with Crippen molar-refractivity contribution < 1.29 is 9.53 Å². The molecule has 0 aromatic rings. The normalized spacial score (nSPS) is 27.1. The van der Waals surface area contributed by atoms with Crippen molar-refractivity contribution in [2.75, 3.05) is 0 Å².